The Morgan fingerprint density at radius 2 is 1.19 bits per heavy atom. The topological polar surface area (TPSA) is 136 Å². The van der Waals surface area contributed by atoms with Crippen LogP contribution >= 0.6 is 15.9 Å². The van der Waals surface area contributed by atoms with Crippen LogP contribution in [0.2, 0.25) is 0 Å². The Balaban J connectivity index is 0. The summed E-state index contributed by atoms with van der Waals surface area (Å²) in [6.45, 7) is 22.3. The molecule has 3 radical (unpaired) electrons. The molecule has 5 aromatic rings. The van der Waals surface area contributed by atoms with E-state index in [0.29, 0.717) is 36.2 Å². The predicted octanol–water partition coefficient (Wildman–Crippen LogP) is 6.20. The number of phenols is 1. The van der Waals surface area contributed by atoms with Gasteiger partial charge in [-0.05, 0) is 157 Å². The number of carbonyl (C=O) groups is 3. The molecule has 0 amide bonds. The molecule has 0 aliphatic rings. The number of ether oxygens (including phenoxy) is 2. The molecule has 0 spiro atoms. The van der Waals surface area contributed by atoms with Crippen molar-refractivity contribution in [3.8, 4) is 5.75 Å². The van der Waals surface area contributed by atoms with E-state index in [-0.39, 0.29) is 63.5 Å². The largest absolute Gasteiger partial charge is 1.00 e. The normalized spacial score (nSPS) is 9.94. The molecule has 0 aliphatic carbocycles. The van der Waals surface area contributed by atoms with Gasteiger partial charge in [0.1, 0.15) is 34.6 Å². The first-order valence-electron chi connectivity index (χ1n) is 16.3. The maximum Gasteiger partial charge on any atom is 1.00 e. The van der Waals surface area contributed by atoms with E-state index in [0.717, 1.165) is 44.2 Å². The minimum absolute atomic E-state index is 0. The van der Waals surface area contributed by atoms with Crippen molar-refractivity contribution >= 4 is 64.5 Å². The number of aliphatic hydroxyl groups excluding tert-OH is 1. The summed E-state index contributed by atoms with van der Waals surface area (Å²) in [5, 5.41) is 20.8. The van der Waals surface area contributed by atoms with E-state index in [1.54, 1.807) is 26.0 Å². The number of carbonyl (C=O) groups excluding carboxylic acids is 3. The number of aromatic hydroxyl groups is 1. The molecule has 5 rings (SSSR count). The summed E-state index contributed by atoms with van der Waals surface area (Å²) in [5.74, 6) is 0.400. The van der Waals surface area contributed by atoms with Crippen molar-refractivity contribution in [3.63, 3.8) is 0 Å². The first-order valence-corrected chi connectivity index (χ1v) is 17.4. The third-order valence-corrected chi connectivity index (χ3v) is 9.09. The predicted molar refractivity (Wildman–Crippen MR) is 208 cm³/mol. The van der Waals surface area contributed by atoms with Gasteiger partial charge < -0.3 is 29.9 Å². The van der Waals surface area contributed by atoms with Crippen LogP contribution in [0.1, 0.15) is 92.0 Å². The number of benzene rings is 3. The number of hydrogen-bond donors (Lipinski definition) is 2. The quantitative estimate of drug-likeness (QED) is 0.0894. The number of hydrogen-bond acceptors (Lipinski definition) is 9. The number of aryl methyl sites for hydroxylation is 5. The standard InChI is InChI=1S/C14H16O3.C12H14O2.C10H12O2.C4H7BrO2.B.Na.H/c1-5-16-14(15)12-7-11-6-8(2)9(3)10(4)13(11)17-12;1-7-4-10-5-11(6-13)14-12(10)9(3)8(7)2;1-6-4-9(5-11)10(12)8(3)7(6)2;1-2-7-4(6)3-5;;;/h6-7H,5H2,1-4H3;4-5,13H,6H2,1-3H3;4-5,12H,1-3H3;2-3H2,1H3;;;/q;;;;;+1;-1. The van der Waals surface area contributed by atoms with Gasteiger partial charge in [-0.2, -0.15) is 0 Å². The zero-order valence-electron chi connectivity index (χ0n) is 33.5. The number of esters is 2. The molecule has 0 fully saturated rings. The van der Waals surface area contributed by atoms with Gasteiger partial charge in [0.05, 0.1) is 18.8 Å². The molecule has 0 saturated heterocycles. The number of rotatable bonds is 6. The zero-order valence-corrected chi connectivity index (χ0v) is 36.1. The molecular formula is C40H50BBrNaO9. The minimum Gasteiger partial charge on any atom is -1.00 e. The van der Waals surface area contributed by atoms with Crippen molar-refractivity contribution in [1.82, 2.24) is 0 Å². The summed E-state index contributed by atoms with van der Waals surface area (Å²) in [6, 6.07) is 9.47. The van der Waals surface area contributed by atoms with Crippen molar-refractivity contribution < 1.29 is 73.9 Å². The molecule has 0 saturated carbocycles. The Hall–Kier alpha value is -3.35. The molecule has 3 aromatic carbocycles. The Morgan fingerprint density at radius 3 is 1.63 bits per heavy atom. The third-order valence-electron chi connectivity index (χ3n) is 8.63. The van der Waals surface area contributed by atoms with Crippen LogP contribution in [0, 0.1) is 62.3 Å². The Labute approximate surface area is 340 Å². The molecule has 52 heavy (non-hydrogen) atoms. The van der Waals surface area contributed by atoms with E-state index in [1.165, 1.54) is 27.8 Å². The van der Waals surface area contributed by atoms with Gasteiger partial charge in [0.2, 0.25) is 5.76 Å². The van der Waals surface area contributed by atoms with E-state index in [1.807, 2.05) is 39.8 Å². The van der Waals surface area contributed by atoms with Crippen molar-refractivity contribution in [1.29, 1.82) is 0 Å². The number of aliphatic hydroxyl groups is 1. The Bertz CT molecular complexity index is 1990. The van der Waals surface area contributed by atoms with E-state index in [2.05, 4.69) is 61.4 Å². The van der Waals surface area contributed by atoms with Gasteiger partial charge in [0.15, 0.2) is 6.29 Å². The van der Waals surface area contributed by atoms with E-state index in [9.17, 15) is 19.5 Å². The first kappa shape index (κ1) is 48.7. The van der Waals surface area contributed by atoms with E-state index in [4.69, 9.17) is 18.7 Å². The number of phenolic OH excluding ortho intramolecular Hbond substituents is 1. The molecule has 9 nitrogen and oxygen atoms in total. The molecule has 0 bridgehead atoms. The van der Waals surface area contributed by atoms with Crippen LogP contribution in [-0.4, -0.2) is 55.4 Å². The fraction of sp³-hybridized carbons (Fsp3) is 0.375. The number of aldehydes is 1. The molecule has 2 N–H and O–H groups in total. The number of furan rings is 2. The summed E-state index contributed by atoms with van der Waals surface area (Å²) >= 11 is 2.94. The van der Waals surface area contributed by atoms with Gasteiger partial charge in [0.25, 0.3) is 0 Å². The fourth-order valence-electron chi connectivity index (χ4n) is 5.05. The van der Waals surface area contributed by atoms with Crippen molar-refractivity contribution in [2.45, 2.75) is 82.8 Å². The van der Waals surface area contributed by atoms with Crippen molar-refractivity contribution in [2.75, 3.05) is 18.5 Å². The summed E-state index contributed by atoms with van der Waals surface area (Å²) in [6.07, 6.45) is 0.675. The van der Waals surface area contributed by atoms with Crippen molar-refractivity contribution in [3.05, 3.63) is 97.5 Å². The summed E-state index contributed by atoms with van der Waals surface area (Å²) < 4.78 is 20.5. The average Bonchev–Trinajstić information content (AvgIpc) is 3.72. The van der Waals surface area contributed by atoms with Crippen molar-refractivity contribution in [2.24, 2.45) is 0 Å². The van der Waals surface area contributed by atoms with Gasteiger partial charge in [-0.15, -0.1) is 0 Å². The molecule has 12 heteroatoms. The Morgan fingerprint density at radius 1 is 0.731 bits per heavy atom. The minimum atomic E-state index is -0.404. The van der Waals surface area contributed by atoms with Gasteiger partial charge >= 0.3 is 41.5 Å². The fourth-order valence-corrected chi connectivity index (χ4v) is 5.21. The zero-order chi connectivity index (χ0) is 37.9. The monoisotopic (exact) mass is 787 g/mol. The van der Waals surface area contributed by atoms with Crippen LogP contribution in [0.4, 0.5) is 0 Å². The van der Waals surface area contributed by atoms with Crippen LogP contribution < -0.4 is 29.6 Å². The van der Waals surface area contributed by atoms with Gasteiger partial charge in [-0.25, -0.2) is 4.79 Å². The third kappa shape index (κ3) is 12.4. The van der Waals surface area contributed by atoms with Crippen LogP contribution in [-0.2, 0) is 20.9 Å². The van der Waals surface area contributed by atoms with Crippen LogP contribution in [0.25, 0.3) is 21.9 Å². The second kappa shape index (κ2) is 22.7. The molecule has 2 heterocycles. The van der Waals surface area contributed by atoms with E-state index < -0.39 is 5.97 Å². The molecule has 0 aliphatic heterocycles. The number of halogens is 1. The number of fused-ring (bicyclic) bond motifs is 2. The molecular weight excluding hydrogens is 738 g/mol. The van der Waals surface area contributed by atoms with Crippen LogP contribution in [0.3, 0.4) is 0 Å². The van der Waals surface area contributed by atoms with Gasteiger partial charge in [-0.3, -0.25) is 9.59 Å². The maximum atomic E-state index is 11.6. The smallest absolute Gasteiger partial charge is 1.00 e. The SMILES string of the molecule is CCOC(=O)CBr.CCOC(=O)c1cc2cc(C)c(C)c(C)c2o1.Cc1cc(C=O)c(O)c(C)c1C.Cc1cc2cc(CO)oc2c(C)c1C.[B].[H-].[Na+]. The number of alkyl halides is 1. The van der Waals surface area contributed by atoms with Gasteiger partial charge in [-0.1, -0.05) is 15.9 Å². The summed E-state index contributed by atoms with van der Waals surface area (Å²) in [5.41, 5.74) is 12.1. The molecule has 275 valence electrons. The molecule has 2 aromatic heterocycles. The summed E-state index contributed by atoms with van der Waals surface area (Å²) in [4.78, 5) is 32.2. The second-order valence-corrected chi connectivity index (χ2v) is 12.4. The molecule has 0 unspecified atom stereocenters. The van der Waals surface area contributed by atoms with E-state index >= 15 is 0 Å². The van der Waals surface area contributed by atoms with Gasteiger partial charge in [0, 0.05) is 19.2 Å². The maximum absolute atomic E-state index is 11.6. The van der Waals surface area contributed by atoms with Crippen LogP contribution in [0.15, 0.2) is 39.2 Å². The average molecular weight is 789 g/mol. The Kier molecular flexibility index (Phi) is 21.2. The molecule has 0 atom stereocenters. The van der Waals surface area contributed by atoms with Crippen LogP contribution in [0.5, 0.6) is 5.75 Å². The first-order chi connectivity index (χ1) is 23.6. The summed E-state index contributed by atoms with van der Waals surface area (Å²) in [7, 11) is 0. The second-order valence-electron chi connectivity index (χ2n) is 11.9.